The fourth-order valence-electron chi connectivity index (χ4n) is 1.75. The zero-order valence-electron chi connectivity index (χ0n) is 12.1. The first-order chi connectivity index (χ1) is 8.95. The van der Waals surface area contributed by atoms with Crippen LogP contribution in [0.25, 0.3) is 0 Å². The minimum Gasteiger partial charge on any atom is -0.454 e. The molecule has 1 heterocycles. The second-order valence-corrected chi connectivity index (χ2v) is 5.51. The van der Waals surface area contributed by atoms with E-state index in [9.17, 15) is 4.79 Å². The van der Waals surface area contributed by atoms with E-state index in [-0.39, 0.29) is 11.3 Å². The van der Waals surface area contributed by atoms with E-state index >= 15 is 0 Å². The average molecular weight is 287 g/mol. The lowest BCUT2D eigenvalue weighted by molar-refractivity contribution is 0.0911. The van der Waals surface area contributed by atoms with Crippen molar-refractivity contribution in [3.63, 3.8) is 0 Å². The molecule has 108 valence electrons. The molecule has 0 bridgehead atoms. The molecule has 1 aromatic rings. The third kappa shape index (κ3) is 4.88. The zero-order chi connectivity index (χ0) is 14.4. The molecular weight excluding hydrogens is 264 g/mol. The van der Waals surface area contributed by atoms with E-state index in [0.29, 0.717) is 24.1 Å². The SMILES string of the molecule is CCCN(C)C(C)CNC(=O)c1ccc(C(C)Cl)o1. The summed E-state index contributed by atoms with van der Waals surface area (Å²) < 4.78 is 5.39. The number of amides is 1. The fraction of sp³-hybridized carbons (Fsp3) is 0.643. The largest absolute Gasteiger partial charge is 0.454 e. The van der Waals surface area contributed by atoms with Gasteiger partial charge in [-0.25, -0.2) is 0 Å². The van der Waals surface area contributed by atoms with Gasteiger partial charge in [-0.05, 0) is 46.0 Å². The Morgan fingerprint density at radius 1 is 1.47 bits per heavy atom. The Bertz CT molecular complexity index is 404. The van der Waals surface area contributed by atoms with Crippen molar-refractivity contribution in [1.29, 1.82) is 0 Å². The molecule has 0 aliphatic heterocycles. The van der Waals surface area contributed by atoms with Gasteiger partial charge in [0.1, 0.15) is 5.76 Å². The van der Waals surface area contributed by atoms with E-state index in [1.807, 2.05) is 6.92 Å². The standard InChI is InChI=1S/C14H23ClN2O2/c1-5-8-17(4)10(2)9-16-14(18)13-7-6-12(19-13)11(3)15/h6-7,10-11H,5,8-9H2,1-4H3,(H,16,18). The summed E-state index contributed by atoms with van der Waals surface area (Å²) in [4.78, 5) is 14.1. The maximum Gasteiger partial charge on any atom is 0.287 e. The van der Waals surface area contributed by atoms with E-state index in [2.05, 4.69) is 31.1 Å². The van der Waals surface area contributed by atoms with Crippen LogP contribution in [0.15, 0.2) is 16.5 Å². The molecule has 2 atom stereocenters. The maximum atomic E-state index is 11.9. The van der Waals surface area contributed by atoms with Crippen LogP contribution >= 0.6 is 11.6 Å². The number of halogens is 1. The monoisotopic (exact) mass is 286 g/mol. The summed E-state index contributed by atoms with van der Waals surface area (Å²) in [5.74, 6) is 0.733. The van der Waals surface area contributed by atoms with E-state index in [1.54, 1.807) is 12.1 Å². The van der Waals surface area contributed by atoms with Crippen LogP contribution in [0.3, 0.4) is 0 Å². The highest BCUT2D eigenvalue weighted by molar-refractivity contribution is 6.20. The number of furan rings is 1. The quantitative estimate of drug-likeness (QED) is 0.784. The first-order valence-corrected chi connectivity index (χ1v) is 7.11. The molecule has 0 saturated carbocycles. The minimum atomic E-state index is -0.226. The molecule has 4 nitrogen and oxygen atoms in total. The lowest BCUT2D eigenvalue weighted by Gasteiger charge is -2.24. The van der Waals surface area contributed by atoms with Gasteiger partial charge in [0.25, 0.3) is 5.91 Å². The molecule has 5 heteroatoms. The molecule has 0 fully saturated rings. The van der Waals surface area contributed by atoms with Crippen molar-refractivity contribution >= 4 is 17.5 Å². The lowest BCUT2D eigenvalue weighted by Crippen LogP contribution is -2.40. The Morgan fingerprint density at radius 2 is 2.16 bits per heavy atom. The van der Waals surface area contributed by atoms with Crippen molar-refractivity contribution in [2.75, 3.05) is 20.1 Å². The summed E-state index contributed by atoms with van der Waals surface area (Å²) in [5.41, 5.74) is 0. The molecule has 1 amide bonds. The second kappa shape index (κ2) is 7.56. The first-order valence-electron chi connectivity index (χ1n) is 6.68. The third-order valence-corrected chi connectivity index (χ3v) is 3.34. The van der Waals surface area contributed by atoms with E-state index in [0.717, 1.165) is 13.0 Å². The van der Waals surface area contributed by atoms with Gasteiger partial charge in [-0.15, -0.1) is 11.6 Å². The van der Waals surface area contributed by atoms with Crippen LogP contribution in [0.5, 0.6) is 0 Å². The summed E-state index contributed by atoms with van der Waals surface area (Å²) >= 11 is 5.89. The molecule has 0 radical (unpaired) electrons. The molecule has 0 aliphatic carbocycles. The molecule has 0 aliphatic rings. The predicted molar refractivity (Wildman–Crippen MR) is 77.7 cm³/mol. The summed E-state index contributed by atoms with van der Waals surface area (Å²) in [6.07, 6.45) is 1.10. The molecule has 1 rings (SSSR count). The van der Waals surface area contributed by atoms with Crippen LogP contribution in [0.2, 0.25) is 0 Å². The van der Waals surface area contributed by atoms with Crippen molar-refractivity contribution in [3.05, 3.63) is 23.7 Å². The van der Waals surface area contributed by atoms with Crippen LogP contribution in [0.1, 0.15) is 48.9 Å². The smallest absolute Gasteiger partial charge is 0.287 e. The number of hydrogen-bond donors (Lipinski definition) is 1. The molecule has 0 spiro atoms. The number of rotatable bonds is 7. The normalized spacial score (nSPS) is 14.4. The summed E-state index contributed by atoms with van der Waals surface area (Å²) in [6.45, 7) is 7.65. The number of carbonyl (C=O) groups excluding carboxylic acids is 1. The third-order valence-electron chi connectivity index (χ3n) is 3.13. The molecule has 2 unspecified atom stereocenters. The highest BCUT2D eigenvalue weighted by Gasteiger charge is 2.15. The van der Waals surface area contributed by atoms with Crippen LogP contribution in [0, 0.1) is 0 Å². The van der Waals surface area contributed by atoms with Gasteiger partial charge in [0, 0.05) is 12.6 Å². The highest BCUT2D eigenvalue weighted by atomic mass is 35.5. The van der Waals surface area contributed by atoms with Crippen molar-refractivity contribution in [3.8, 4) is 0 Å². The van der Waals surface area contributed by atoms with E-state index < -0.39 is 0 Å². The van der Waals surface area contributed by atoms with Crippen LogP contribution in [-0.4, -0.2) is 37.0 Å². The number of alkyl halides is 1. The fourth-order valence-corrected chi connectivity index (χ4v) is 1.86. The zero-order valence-corrected chi connectivity index (χ0v) is 12.8. The van der Waals surface area contributed by atoms with Crippen molar-refractivity contribution in [2.45, 2.75) is 38.6 Å². The molecule has 19 heavy (non-hydrogen) atoms. The molecule has 1 N–H and O–H groups in total. The Labute approximate surface area is 120 Å². The Kier molecular flexibility index (Phi) is 6.38. The van der Waals surface area contributed by atoms with Gasteiger partial charge in [0.05, 0.1) is 5.38 Å². The number of nitrogens with zero attached hydrogens (tertiary/aromatic N) is 1. The number of nitrogens with one attached hydrogen (secondary N) is 1. The molecule has 0 saturated heterocycles. The Hall–Kier alpha value is -1.00. The van der Waals surface area contributed by atoms with Gasteiger partial charge < -0.3 is 14.6 Å². The van der Waals surface area contributed by atoms with E-state index in [1.165, 1.54) is 0 Å². The Morgan fingerprint density at radius 3 is 2.68 bits per heavy atom. The number of likely N-dealkylation sites (N-methyl/N-ethyl adjacent to an activating group) is 1. The topological polar surface area (TPSA) is 45.5 Å². The van der Waals surface area contributed by atoms with Crippen molar-refractivity contribution < 1.29 is 9.21 Å². The van der Waals surface area contributed by atoms with Crippen LogP contribution in [0.4, 0.5) is 0 Å². The van der Waals surface area contributed by atoms with Gasteiger partial charge in [-0.3, -0.25) is 4.79 Å². The van der Waals surface area contributed by atoms with Crippen molar-refractivity contribution in [1.82, 2.24) is 10.2 Å². The summed E-state index contributed by atoms with van der Waals surface area (Å²) in [6, 6.07) is 3.69. The second-order valence-electron chi connectivity index (χ2n) is 4.86. The first kappa shape index (κ1) is 16.1. The maximum absolute atomic E-state index is 11.9. The van der Waals surface area contributed by atoms with Crippen LogP contribution in [-0.2, 0) is 0 Å². The van der Waals surface area contributed by atoms with Gasteiger partial charge >= 0.3 is 0 Å². The van der Waals surface area contributed by atoms with Crippen molar-refractivity contribution in [2.24, 2.45) is 0 Å². The number of hydrogen-bond acceptors (Lipinski definition) is 3. The van der Waals surface area contributed by atoms with Gasteiger partial charge in [0.15, 0.2) is 5.76 Å². The predicted octanol–water partition coefficient (Wildman–Crippen LogP) is 3.04. The molecule has 1 aromatic heterocycles. The highest BCUT2D eigenvalue weighted by Crippen LogP contribution is 2.21. The lowest BCUT2D eigenvalue weighted by atomic mass is 10.2. The average Bonchev–Trinajstić information content (AvgIpc) is 2.85. The van der Waals surface area contributed by atoms with Gasteiger partial charge in [-0.1, -0.05) is 6.92 Å². The molecular formula is C14H23ClN2O2. The number of carbonyl (C=O) groups is 1. The van der Waals surface area contributed by atoms with Gasteiger partial charge in [0.2, 0.25) is 0 Å². The van der Waals surface area contributed by atoms with E-state index in [4.69, 9.17) is 16.0 Å². The minimum absolute atomic E-state index is 0.194. The summed E-state index contributed by atoms with van der Waals surface area (Å²) in [7, 11) is 2.06. The van der Waals surface area contributed by atoms with Crippen LogP contribution < -0.4 is 5.32 Å². The Balaban J connectivity index is 2.46. The van der Waals surface area contributed by atoms with Gasteiger partial charge in [-0.2, -0.15) is 0 Å². The molecule has 0 aromatic carbocycles. The summed E-state index contributed by atoms with van der Waals surface area (Å²) in [5, 5.41) is 2.65.